The van der Waals surface area contributed by atoms with Crippen molar-refractivity contribution < 1.29 is 9.21 Å². The molecule has 152 valence electrons. The minimum absolute atomic E-state index is 0.0333. The van der Waals surface area contributed by atoms with Gasteiger partial charge in [-0.05, 0) is 55.8 Å². The largest absolute Gasteiger partial charge is 0.436 e. The average Bonchev–Trinajstić information content (AvgIpc) is 3.48. The number of hydrogen-bond acceptors (Lipinski definition) is 5. The van der Waals surface area contributed by atoms with Gasteiger partial charge in [0.15, 0.2) is 5.58 Å². The fraction of sp³-hybridized carbons (Fsp3) is 0.261. The summed E-state index contributed by atoms with van der Waals surface area (Å²) in [6.07, 6.45) is 5.75. The zero-order valence-corrected chi connectivity index (χ0v) is 16.8. The van der Waals surface area contributed by atoms with Crippen LogP contribution in [0.3, 0.4) is 0 Å². The lowest BCUT2D eigenvalue weighted by Crippen LogP contribution is -2.39. The number of nitrogens with one attached hydrogen (secondary N) is 1. The van der Waals surface area contributed by atoms with Crippen molar-refractivity contribution in [2.45, 2.75) is 25.4 Å². The quantitative estimate of drug-likeness (QED) is 0.550. The summed E-state index contributed by atoms with van der Waals surface area (Å²) >= 11 is 0. The summed E-state index contributed by atoms with van der Waals surface area (Å²) in [6.45, 7) is 1.66. The highest BCUT2D eigenvalue weighted by Gasteiger charge is 2.30. The number of aryl methyl sites for hydroxylation is 1. The van der Waals surface area contributed by atoms with Crippen molar-refractivity contribution in [1.29, 1.82) is 0 Å². The number of amides is 1. The van der Waals surface area contributed by atoms with E-state index in [2.05, 4.69) is 20.3 Å². The zero-order chi connectivity index (χ0) is 20.5. The second-order valence-electron chi connectivity index (χ2n) is 7.70. The van der Waals surface area contributed by atoms with Gasteiger partial charge in [0.1, 0.15) is 5.52 Å². The SMILES string of the molecule is Cn1cc(CN2CCC[C@@H]2C(=O)Nc2ccc(-c3nc4ccccc4o3)cc2)cn1. The van der Waals surface area contributed by atoms with Gasteiger partial charge in [-0.2, -0.15) is 5.10 Å². The fourth-order valence-corrected chi connectivity index (χ4v) is 4.02. The molecule has 4 aromatic rings. The Morgan fingerprint density at radius 3 is 2.80 bits per heavy atom. The Hall–Kier alpha value is -3.45. The molecule has 7 nitrogen and oxygen atoms in total. The number of nitrogens with zero attached hydrogens (tertiary/aromatic N) is 4. The molecule has 1 aliphatic heterocycles. The Kier molecular flexibility index (Phi) is 4.80. The van der Waals surface area contributed by atoms with Crippen molar-refractivity contribution in [2.24, 2.45) is 7.05 Å². The van der Waals surface area contributed by atoms with Gasteiger partial charge in [0.05, 0.1) is 12.2 Å². The van der Waals surface area contributed by atoms with Crippen molar-refractivity contribution in [2.75, 3.05) is 11.9 Å². The predicted octanol–water partition coefficient (Wildman–Crippen LogP) is 3.83. The molecule has 0 spiro atoms. The number of likely N-dealkylation sites (tertiary alicyclic amines) is 1. The lowest BCUT2D eigenvalue weighted by atomic mass is 10.1. The van der Waals surface area contributed by atoms with E-state index in [1.807, 2.05) is 68.0 Å². The molecule has 30 heavy (non-hydrogen) atoms. The number of anilines is 1. The van der Waals surface area contributed by atoms with Gasteiger partial charge < -0.3 is 9.73 Å². The summed E-state index contributed by atoms with van der Waals surface area (Å²) in [5.74, 6) is 0.610. The lowest BCUT2D eigenvalue weighted by molar-refractivity contribution is -0.120. The molecular formula is C23H23N5O2. The van der Waals surface area contributed by atoms with Crippen molar-refractivity contribution in [3.63, 3.8) is 0 Å². The number of aromatic nitrogens is 3. The highest BCUT2D eigenvalue weighted by Crippen LogP contribution is 2.26. The number of carbonyl (C=O) groups is 1. The van der Waals surface area contributed by atoms with Crippen LogP contribution in [-0.2, 0) is 18.4 Å². The third-order valence-electron chi connectivity index (χ3n) is 5.50. The van der Waals surface area contributed by atoms with E-state index in [-0.39, 0.29) is 11.9 Å². The molecule has 1 saturated heterocycles. The molecule has 2 aromatic carbocycles. The van der Waals surface area contributed by atoms with Crippen LogP contribution in [0.5, 0.6) is 0 Å². The van der Waals surface area contributed by atoms with Gasteiger partial charge in [-0.25, -0.2) is 4.98 Å². The van der Waals surface area contributed by atoms with Crippen LogP contribution in [0.4, 0.5) is 5.69 Å². The van der Waals surface area contributed by atoms with E-state index in [0.717, 1.165) is 53.8 Å². The second kappa shape index (κ2) is 7.76. The van der Waals surface area contributed by atoms with E-state index >= 15 is 0 Å². The Bertz CT molecular complexity index is 1140. The molecule has 0 unspecified atom stereocenters. The molecule has 0 saturated carbocycles. The first-order valence-electron chi connectivity index (χ1n) is 10.1. The van der Waals surface area contributed by atoms with E-state index in [0.29, 0.717) is 5.89 Å². The lowest BCUT2D eigenvalue weighted by Gasteiger charge is -2.23. The van der Waals surface area contributed by atoms with Gasteiger partial charge >= 0.3 is 0 Å². The Balaban J connectivity index is 1.26. The molecule has 3 heterocycles. The van der Waals surface area contributed by atoms with Crippen molar-refractivity contribution in [3.05, 3.63) is 66.5 Å². The van der Waals surface area contributed by atoms with E-state index in [4.69, 9.17) is 4.42 Å². The van der Waals surface area contributed by atoms with Crippen LogP contribution in [0.2, 0.25) is 0 Å². The summed E-state index contributed by atoms with van der Waals surface area (Å²) in [7, 11) is 1.90. The highest BCUT2D eigenvalue weighted by atomic mass is 16.3. The number of hydrogen-bond donors (Lipinski definition) is 1. The van der Waals surface area contributed by atoms with Gasteiger partial charge in [0, 0.05) is 36.6 Å². The van der Waals surface area contributed by atoms with Gasteiger partial charge in [-0.3, -0.25) is 14.4 Å². The third kappa shape index (κ3) is 3.71. The van der Waals surface area contributed by atoms with E-state index < -0.39 is 0 Å². The first-order valence-corrected chi connectivity index (χ1v) is 10.1. The van der Waals surface area contributed by atoms with Gasteiger partial charge in [0.2, 0.25) is 11.8 Å². The molecule has 1 amide bonds. The smallest absolute Gasteiger partial charge is 0.241 e. The summed E-state index contributed by atoms with van der Waals surface area (Å²) in [5, 5.41) is 7.28. The summed E-state index contributed by atoms with van der Waals surface area (Å²) in [6, 6.07) is 15.2. The molecule has 1 fully saturated rings. The van der Waals surface area contributed by atoms with Crippen molar-refractivity contribution in [3.8, 4) is 11.5 Å². The number of carbonyl (C=O) groups excluding carboxylic acids is 1. The molecule has 1 atom stereocenters. The molecule has 5 rings (SSSR count). The van der Waals surface area contributed by atoms with Gasteiger partial charge in [-0.1, -0.05) is 12.1 Å². The molecular weight excluding hydrogens is 378 g/mol. The first-order chi connectivity index (χ1) is 14.7. The van der Waals surface area contributed by atoms with Crippen LogP contribution < -0.4 is 5.32 Å². The van der Waals surface area contributed by atoms with Crippen LogP contribution in [0.1, 0.15) is 18.4 Å². The second-order valence-corrected chi connectivity index (χ2v) is 7.70. The molecule has 7 heteroatoms. The topological polar surface area (TPSA) is 76.2 Å². The number of para-hydroxylation sites is 2. The van der Waals surface area contributed by atoms with Crippen molar-refractivity contribution >= 4 is 22.7 Å². The molecule has 2 aromatic heterocycles. The number of oxazole rings is 1. The maximum absolute atomic E-state index is 12.9. The van der Waals surface area contributed by atoms with Crippen LogP contribution in [0.15, 0.2) is 65.3 Å². The highest BCUT2D eigenvalue weighted by molar-refractivity contribution is 5.95. The summed E-state index contributed by atoms with van der Waals surface area (Å²) in [4.78, 5) is 19.6. The van der Waals surface area contributed by atoms with Crippen LogP contribution in [-0.4, -0.2) is 38.2 Å². The number of rotatable bonds is 5. The van der Waals surface area contributed by atoms with E-state index in [1.54, 1.807) is 4.68 Å². The van der Waals surface area contributed by atoms with Gasteiger partial charge in [-0.15, -0.1) is 0 Å². The summed E-state index contributed by atoms with van der Waals surface area (Å²) < 4.78 is 7.61. The minimum Gasteiger partial charge on any atom is -0.436 e. The molecule has 1 N–H and O–H groups in total. The minimum atomic E-state index is -0.123. The normalized spacial score (nSPS) is 16.9. The van der Waals surface area contributed by atoms with Crippen LogP contribution in [0.25, 0.3) is 22.6 Å². The summed E-state index contributed by atoms with van der Waals surface area (Å²) in [5.41, 5.74) is 4.37. The Morgan fingerprint density at radius 2 is 2.03 bits per heavy atom. The third-order valence-corrected chi connectivity index (χ3v) is 5.50. The van der Waals surface area contributed by atoms with Crippen molar-refractivity contribution in [1.82, 2.24) is 19.7 Å². The molecule has 0 aliphatic carbocycles. The number of benzene rings is 2. The molecule has 1 aliphatic rings. The van der Waals surface area contributed by atoms with Crippen LogP contribution >= 0.6 is 0 Å². The first kappa shape index (κ1) is 18.6. The molecule has 0 radical (unpaired) electrons. The van der Waals surface area contributed by atoms with E-state index in [9.17, 15) is 4.79 Å². The Morgan fingerprint density at radius 1 is 1.20 bits per heavy atom. The standard InChI is InChI=1S/C23H23N5O2/c1-27-14-16(13-24-27)15-28-12-4-6-20(28)22(29)25-18-10-8-17(9-11-18)23-26-19-5-2-3-7-21(19)30-23/h2-3,5,7-11,13-14,20H,4,6,12,15H2,1H3,(H,25,29)/t20-/m1/s1. The van der Waals surface area contributed by atoms with E-state index in [1.165, 1.54) is 0 Å². The maximum atomic E-state index is 12.9. The predicted molar refractivity (Wildman–Crippen MR) is 115 cm³/mol. The zero-order valence-electron chi connectivity index (χ0n) is 16.8. The fourth-order valence-electron chi connectivity index (χ4n) is 4.02. The van der Waals surface area contributed by atoms with Crippen LogP contribution in [0, 0.1) is 0 Å². The van der Waals surface area contributed by atoms with Gasteiger partial charge in [0.25, 0.3) is 0 Å². The average molecular weight is 401 g/mol. The Labute approximate surface area is 174 Å². The monoisotopic (exact) mass is 401 g/mol. The maximum Gasteiger partial charge on any atom is 0.241 e. The number of fused-ring (bicyclic) bond motifs is 1. The molecule has 0 bridgehead atoms.